The fraction of sp³-hybridized carbons (Fsp3) is 0.588. The van der Waals surface area contributed by atoms with Crippen LogP contribution in [0.15, 0.2) is 17.1 Å². The Hall–Kier alpha value is -1.29. The molecule has 0 N–H and O–H groups in total. The first-order valence-corrected chi connectivity index (χ1v) is 11.3. The zero-order valence-electron chi connectivity index (χ0n) is 14.7. The van der Waals surface area contributed by atoms with Gasteiger partial charge in [0, 0.05) is 22.2 Å². The molecule has 4 heteroatoms. The molecule has 1 aromatic carbocycles. The van der Waals surface area contributed by atoms with Crippen molar-refractivity contribution in [2.45, 2.75) is 46.0 Å². The summed E-state index contributed by atoms with van der Waals surface area (Å²) in [6, 6.07) is 5.52. The summed E-state index contributed by atoms with van der Waals surface area (Å²) in [5.41, 5.74) is 3.31. The van der Waals surface area contributed by atoms with Gasteiger partial charge in [0.15, 0.2) is 0 Å². The van der Waals surface area contributed by atoms with Gasteiger partial charge in [0.05, 0.1) is 18.6 Å². The molecule has 0 bridgehead atoms. The Labute approximate surface area is 131 Å². The molecule has 1 aromatic rings. The molecule has 0 spiro atoms. The van der Waals surface area contributed by atoms with Crippen LogP contribution in [0.2, 0.25) is 25.7 Å². The topological polar surface area (TPSA) is 24.8 Å². The van der Waals surface area contributed by atoms with Gasteiger partial charge in [-0.1, -0.05) is 25.7 Å². The molecule has 0 radical (unpaired) electrons. The number of benzene rings is 1. The maximum Gasteiger partial charge on any atom is 0.122 e. The first kappa shape index (κ1) is 17.8. The Morgan fingerprint density at radius 2 is 1.81 bits per heavy atom. The zero-order valence-corrected chi connectivity index (χ0v) is 15.7. The van der Waals surface area contributed by atoms with Gasteiger partial charge in [0.25, 0.3) is 0 Å². The standard InChI is InChI=1S/C17H30N2OSi/c1-14-12-17(20-9-8-10-21(5,6)7)15(2)11-16(14)18-13-19(3)4/h11-13H,8-10H2,1-7H3. The highest BCUT2D eigenvalue weighted by molar-refractivity contribution is 6.76. The highest BCUT2D eigenvalue weighted by atomic mass is 28.3. The molecule has 3 nitrogen and oxygen atoms in total. The lowest BCUT2D eigenvalue weighted by atomic mass is 10.1. The molecule has 0 saturated carbocycles. The summed E-state index contributed by atoms with van der Waals surface area (Å²) < 4.78 is 5.95. The van der Waals surface area contributed by atoms with Crippen molar-refractivity contribution in [1.29, 1.82) is 0 Å². The average Bonchev–Trinajstić information content (AvgIpc) is 2.35. The molecule has 118 valence electrons. The van der Waals surface area contributed by atoms with Crippen LogP contribution in [-0.2, 0) is 0 Å². The van der Waals surface area contributed by atoms with E-state index in [2.05, 4.69) is 50.6 Å². The van der Waals surface area contributed by atoms with Crippen molar-refractivity contribution in [2.75, 3.05) is 20.7 Å². The number of rotatable bonds is 7. The highest BCUT2D eigenvalue weighted by Gasteiger charge is 2.12. The van der Waals surface area contributed by atoms with Gasteiger partial charge in [-0.25, -0.2) is 4.99 Å². The molecule has 0 fully saturated rings. The van der Waals surface area contributed by atoms with Crippen molar-refractivity contribution in [3.63, 3.8) is 0 Å². The maximum absolute atomic E-state index is 5.95. The fourth-order valence-corrected chi connectivity index (χ4v) is 3.24. The van der Waals surface area contributed by atoms with E-state index >= 15 is 0 Å². The Morgan fingerprint density at radius 1 is 1.14 bits per heavy atom. The third kappa shape index (κ3) is 6.80. The number of ether oxygens (including phenoxy) is 1. The quantitative estimate of drug-likeness (QED) is 0.317. The number of nitrogens with zero attached hydrogens (tertiary/aromatic N) is 2. The predicted molar refractivity (Wildman–Crippen MR) is 96.0 cm³/mol. The first-order valence-electron chi connectivity index (χ1n) is 7.64. The van der Waals surface area contributed by atoms with Crippen LogP contribution in [0, 0.1) is 13.8 Å². The largest absolute Gasteiger partial charge is 0.493 e. The Balaban J connectivity index is 2.67. The molecule has 0 aliphatic carbocycles. The molecular weight excluding hydrogens is 276 g/mol. The van der Waals surface area contributed by atoms with Gasteiger partial charge in [0.2, 0.25) is 0 Å². The summed E-state index contributed by atoms with van der Waals surface area (Å²) in [7, 11) is 2.99. The first-order chi connectivity index (χ1) is 9.69. The normalized spacial score (nSPS) is 12.0. The van der Waals surface area contributed by atoms with Crippen molar-refractivity contribution >= 4 is 20.1 Å². The fourth-order valence-electron chi connectivity index (χ4n) is 2.03. The van der Waals surface area contributed by atoms with E-state index in [-0.39, 0.29) is 0 Å². The molecule has 0 amide bonds. The lowest BCUT2D eigenvalue weighted by Gasteiger charge is -2.16. The molecule has 1 rings (SSSR count). The summed E-state index contributed by atoms with van der Waals surface area (Å²) in [5, 5.41) is 0. The molecule has 0 aliphatic heterocycles. The van der Waals surface area contributed by atoms with Crippen molar-refractivity contribution in [2.24, 2.45) is 4.99 Å². The minimum Gasteiger partial charge on any atom is -0.493 e. The van der Waals surface area contributed by atoms with Gasteiger partial charge in [0.1, 0.15) is 5.75 Å². The van der Waals surface area contributed by atoms with Gasteiger partial charge in [-0.3, -0.25) is 0 Å². The van der Waals surface area contributed by atoms with Crippen LogP contribution in [-0.4, -0.2) is 40.0 Å². The molecule has 0 aromatic heterocycles. The van der Waals surface area contributed by atoms with Gasteiger partial charge in [-0.2, -0.15) is 0 Å². The van der Waals surface area contributed by atoms with E-state index in [4.69, 9.17) is 4.74 Å². The van der Waals surface area contributed by atoms with Crippen LogP contribution in [0.1, 0.15) is 17.5 Å². The minimum atomic E-state index is -0.954. The molecule has 21 heavy (non-hydrogen) atoms. The smallest absolute Gasteiger partial charge is 0.122 e. The van der Waals surface area contributed by atoms with Gasteiger partial charge < -0.3 is 9.64 Å². The van der Waals surface area contributed by atoms with E-state index in [0.29, 0.717) is 0 Å². The van der Waals surface area contributed by atoms with Gasteiger partial charge in [-0.15, -0.1) is 0 Å². The van der Waals surface area contributed by atoms with Gasteiger partial charge in [-0.05, 0) is 43.5 Å². The van der Waals surface area contributed by atoms with E-state index in [1.54, 1.807) is 0 Å². The molecule has 0 unspecified atom stereocenters. The van der Waals surface area contributed by atoms with E-state index < -0.39 is 8.07 Å². The summed E-state index contributed by atoms with van der Waals surface area (Å²) in [6.07, 6.45) is 2.98. The summed E-state index contributed by atoms with van der Waals surface area (Å²) in [5.74, 6) is 0.992. The Kier molecular flexibility index (Phi) is 6.46. The predicted octanol–water partition coefficient (Wildman–Crippen LogP) is 4.63. The maximum atomic E-state index is 5.95. The van der Waals surface area contributed by atoms with Crippen molar-refractivity contribution in [1.82, 2.24) is 4.90 Å². The monoisotopic (exact) mass is 306 g/mol. The zero-order chi connectivity index (χ0) is 16.0. The van der Waals surface area contributed by atoms with Crippen molar-refractivity contribution in [3.8, 4) is 5.75 Å². The molecule has 0 heterocycles. The van der Waals surface area contributed by atoms with Gasteiger partial charge >= 0.3 is 0 Å². The minimum absolute atomic E-state index is 0.810. The lowest BCUT2D eigenvalue weighted by molar-refractivity contribution is 0.314. The molecule has 0 aliphatic rings. The van der Waals surface area contributed by atoms with Crippen LogP contribution in [0.3, 0.4) is 0 Å². The summed E-state index contributed by atoms with van der Waals surface area (Å²) in [6.45, 7) is 12.2. The Bertz CT molecular complexity index is 490. The van der Waals surface area contributed by atoms with E-state index in [0.717, 1.165) is 35.6 Å². The van der Waals surface area contributed by atoms with Crippen molar-refractivity contribution in [3.05, 3.63) is 23.3 Å². The average molecular weight is 307 g/mol. The van der Waals surface area contributed by atoms with Crippen LogP contribution < -0.4 is 4.74 Å². The van der Waals surface area contributed by atoms with Crippen LogP contribution >= 0.6 is 0 Å². The lowest BCUT2D eigenvalue weighted by Crippen LogP contribution is -2.20. The highest BCUT2D eigenvalue weighted by Crippen LogP contribution is 2.28. The summed E-state index contributed by atoms with van der Waals surface area (Å²) in [4.78, 5) is 6.43. The van der Waals surface area contributed by atoms with Crippen molar-refractivity contribution < 1.29 is 4.74 Å². The van der Waals surface area contributed by atoms with Crippen LogP contribution in [0.5, 0.6) is 5.75 Å². The molecular formula is C17H30N2OSi. The summed E-state index contributed by atoms with van der Waals surface area (Å²) >= 11 is 0. The Morgan fingerprint density at radius 3 is 2.38 bits per heavy atom. The number of aryl methyl sites for hydroxylation is 2. The number of hydrogen-bond donors (Lipinski definition) is 0. The van der Waals surface area contributed by atoms with E-state index in [1.807, 2.05) is 25.3 Å². The number of aliphatic imine (C=N–C) groups is 1. The third-order valence-electron chi connectivity index (χ3n) is 3.25. The second kappa shape index (κ2) is 7.64. The SMILES string of the molecule is Cc1cc(OCCC[Si](C)(C)C)c(C)cc1N=CN(C)C. The van der Waals surface area contributed by atoms with Crippen LogP contribution in [0.4, 0.5) is 5.69 Å². The molecule has 0 saturated heterocycles. The third-order valence-corrected chi connectivity index (χ3v) is 5.10. The molecule has 0 atom stereocenters. The van der Waals surface area contributed by atoms with E-state index in [1.165, 1.54) is 6.04 Å². The second-order valence-electron chi connectivity index (χ2n) is 7.13. The second-order valence-corrected chi connectivity index (χ2v) is 12.7. The number of hydrogen-bond acceptors (Lipinski definition) is 2. The van der Waals surface area contributed by atoms with Crippen LogP contribution in [0.25, 0.3) is 0 Å². The van der Waals surface area contributed by atoms with E-state index in [9.17, 15) is 0 Å².